The van der Waals surface area contributed by atoms with Gasteiger partial charge in [-0.05, 0) is 31.5 Å². The fourth-order valence-electron chi connectivity index (χ4n) is 1.69. The molecule has 1 aliphatic rings. The van der Waals surface area contributed by atoms with Crippen LogP contribution in [0.4, 0.5) is 0 Å². The lowest BCUT2D eigenvalue weighted by molar-refractivity contribution is 0.509. The van der Waals surface area contributed by atoms with Crippen molar-refractivity contribution in [3.8, 4) is 0 Å². The van der Waals surface area contributed by atoms with E-state index in [9.17, 15) is 0 Å². The van der Waals surface area contributed by atoms with Crippen LogP contribution < -0.4 is 5.32 Å². The van der Waals surface area contributed by atoms with E-state index in [1.165, 1.54) is 25.9 Å². The van der Waals surface area contributed by atoms with Gasteiger partial charge in [0.1, 0.15) is 0 Å². The van der Waals surface area contributed by atoms with E-state index in [-0.39, 0.29) is 0 Å². The first-order valence-electron chi connectivity index (χ1n) is 4.31. The summed E-state index contributed by atoms with van der Waals surface area (Å²) < 4.78 is 0. The van der Waals surface area contributed by atoms with Gasteiger partial charge in [0.2, 0.25) is 0 Å². The summed E-state index contributed by atoms with van der Waals surface area (Å²) in [5.74, 6) is 0. The molecule has 0 amide bonds. The van der Waals surface area contributed by atoms with Crippen LogP contribution in [0.25, 0.3) is 0 Å². The van der Waals surface area contributed by atoms with Gasteiger partial charge in [-0.2, -0.15) is 0 Å². The third-order valence-corrected chi connectivity index (χ3v) is 5.59. The number of hydrogen-bond acceptors (Lipinski definition) is 1. The van der Waals surface area contributed by atoms with Crippen LogP contribution in [0.3, 0.4) is 0 Å². The molecule has 0 saturated carbocycles. The van der Waals surface area contributed by atoms with Gasteiger partial charge >= 0.3 is 0 Å². The highest BCUT2D eigenvalue weighted by molar-refractivity contribution is 6.77. The Morgan fingerprint density at radius 2 is 1.60 bits per heavy atom. The lowest BCUT2D eigenvalue weighted by atomic mass is 10.2. The van der Waals surface area contributed by atoms with E-state index in [4.69, 9.17) is 0 Å². The minimum Gasteiger partial charge on any atom is -0.317 e. The van der Waals surface area contributed by atoms with Crippen molar-refractivity contribution in [1.82, 2.24) is 5.32 Å². The third-order valence-electron chi connectivity index (χ3n) is 2.56. The Labute approximate surface area is 65.2 Å². The quantitative estimate of drug-likeness (QED) is 0.575. The van der Waals surface area contributed by atoms with Crippen molar-refractivity contribution < 1.29 is 0 Å². The first-order chi connectivity index (χ1) is 4.61. The maximum absolute atomic E-state index is 3.41. The molecular formula is C8H19NSi. The summed E-state index contributed by atoms with van der Waals surface area (Å²) in [5, 5.41) is 3.41. The molecule has 60 valence electrons. The molecule has 0 bridgehead atoms. The Bertz CT molecular complexity index is 100. The predicted octanol–water partition coefficient (Wildman–Crippen LogP) is 2.08. The van der Waals surface area contributed by atoms with Crippen LogP contribution in [-0.2, 0) is 0 Å². The molecule has 1 rings (SSSR count). The minimum absolute atomic E-state index is 0.796. The molecular weight excluding hydrogens is 138 g/mol. The van der Waals surface area contributed by atoms with Crippen LogP contribution >= 0.6 is 0 Å². The lowest BCUT2D eigenvalue weighted by Gasteiger charge is -2.32. The second kappa shape index (κ2) is 3.05. The van der Waals surface area contributed by atoms with Crippen LogP contribution in [0.1, 0.15) is 12.8 Å². The molecule has 1 heterocycles. The Kier molecular flexibility index (Phi) is 2.53. The van der Waals surface area contributed by atoms with Crippen molar-refractivity contribution in [1.29, 1.82) is 0 Å². The van der Waals surface area contributed by atoms with Gasteiger partial charge in [0.25, 0.3) is 0 Å². The van der Waals surface area contributed by atoms with Crippen LogP contribution in [0.15, 0.2) is 0 Å². The number of piperidine rings is 1. The van der Waals surface area contributed by atoms with E-state index in [2.05, 4.69) is 25.0 Å². The summed E-state index contributed by atoms with van der Waals surface area (Å²) in [6.45, 7) is 9.98. The second-order valence-corrected chi connectivity index (χ2v) is 9.94. The molecule has 2 heteroatoms. The SMILES string of the molecule is C[Si](C)(C)C1CCNCC1. The smallest absolute Gasteiger partial charge is 0.0474 e. The van der Waals surface area contributed by atoms with Gasteiger partial charge in [-0.3, -0.25) is 0 Å². The Morgan fingerprint density at radius 3 is 1.90 bits per heavy atom. The van der Waals surface area contributed by atoms with Gasteiger partial charge in [-0.25, -0.2) is 0 Å². The highest BCUT2D eigenvalue weighted by Gasteiger charge is 2.27. The summed E-state index contributed by atoms with van der Waals surface area (Å²) in [4.78, 5) is 0. The number of hydrogen-bond donors (Lipinski definition) is 1. The van der Waals surface area contributed by atoms with Crippen molar-refractivity contribution >= 4 is 8.07 Å². The first-order valence-corrected chi connectivity index (χ1v) is 7.89. The molecule has 1 N–H and O–H groups in total. The van der Waals surface area contributed by atoms with Crippen molar-refractivity contribution in [3.05, 3.63) is 0 Å². The maximum atomic E-state index is 3.41. The number of nitrogens with one attached hydrogen (secondary N) is 1. The Morgan fingerprint density at radius 1 is 1.10 bits per heavy atom. The molecule has 1 aliphatic heterocycles. The van der Waals surface area contributed by atoms with Crippen molar-refractivity contribution in [2.45, 2.75) is 38.0 Å². The molecule has 0 aliphatic carbocycles. The van der Waals surface area contributed by atoms with E-state index in [1.54, 1.807) is 0 Å². The molecule has 0 aromatic heterocycles. The fraction of sp³-hybridized carbons (Fsp3) is 1.00. The van der Waals surface area contributed by atoms with Gasteiger partial charge in [0.15, 0.2) is 0 Å². The first kappa shape index (κ1) is 8.28. The summed E-state index contributed by atoms with van der Waals surface area (Å²) in [6, 6.07) is 0. The number of rotatable bonds is 1. The molecule has 1 saturated heterocycles. The molecule has 0 atom stereocenters. The monoisotopic (exact) mass is 157 g/mol. The highest BCUT2D eigenvalue weighted by atomic mass is 28.3. The standard InChI is InChI=1S/C8H19NSi/c1-10(2,3)8-4-6-9-7-5-8/h8-9H,4-7H2,1-3H3. The Hall–Kier alpha value is 0.177. The minimum atomic E-state index is -0.796. The summed E-state index contributed by atoms with van der Waals surface area (Å²) in [7, 11) is -0.796. The van der Waals surface area contributed by atoms with Crippen LogP contribution in [0, 0.1) is 0 Å². The predicted molar refractivity (Wildman–Crippen MR) is 49.2 cm³/mol. The van der Waals surface area contributed by atoms with Gasteiger partial charge in [-0.1, -0.05) is 19.6 Å². The molecule has 0 spiro atoms. The molecule has 0 aromatic carbocycles. The largest absolute Gasteiger partial charge is 0.317 e. The Balaban J connectivity index is 2.39. The molecule has 1 nitrogen and oxygen atoms in total. The van der Waals surface area contributed by atoms with Crippen LogP contribution in [-0.4, -0.2) is 21.2 Å². The molecule has 0 aromatic rings. The molecule has 0 unspecified atom stereocenters. The van der Waals surface area contributed by atoms with Gasteiger partial charge in [-0.15, -0.1) is 0 Å². The van der Waals surface area contributed by atoms with Crippen LogP contribution in [0.5, 0.6) is 0 Å². The lowest BCUT2D eigenvalue weighted by Crippen LogP contribution is -2.37. The fourth-order valence-corrected chi connectivity index (χ4v) is 3.71. The normalized spacial score (nSPS) is 23.1. The summed E-state index contributed by atoms with van der Waals surface area (Å²) in [6.07, 6.45) is 2.85. The van der Waals surface area contributed by atoms with E-state index >= 15 is 0 Å². The zero-order valence-electron chi connectivity index (χ0n) is 7.41. The van der Waals surface area contributed by atoms with E-state index in [0.717, 1.165) is 5.54 Å². The molecule has 1 fully saturated rings. The third kappa shape index (κ3) is 2.10. The molecule has 10 heavy (non-hydrogen) atoms. The second-order valence-electron chi connectivity index (χ2n) is 4.39. The zero-order valence-corrected chi connectivity index (χ0v) is 8.41. The van der Waals surface area contributed by atoms with E-state index < -0.39 is 8.07 Å². The zero-order chi connectivity index (χ0) is 7.61. The maximum Gasteiger partial charge on any atom is 0.0474 e. The highest BCUT2D eigenvalue weighted by Crippen LogP contribution is 2.29. The van der Waals surface area contributed by atoms with Gasteiger partial charge in [0, 0.05) is 8.07 Å². The summed E-state index contributed by atoms with van der Waals surface area (Å²) >= 11 is 0. The van der Waals surface area contributed by atoms with Crippen molar-refractivity contribution in [2.75, 3.05) is 13.1 Å². The van der Waals surface area contributed by atoms with E-state index in [0.29, 0.717) is 0 Å². The molecule has 0 radical (unpaired) electrons. The van der Waals surface area contributed by atoms with Crippen molar-refractivity contribution in [3.63, 3.8) is 0 Å². The topological polar surface area (TPSA) is 12.0 Å². The van der Waals surface area contributed by atoms with E-state index in [1.807, 2.05) is 0 Å². The van der Waals surface area contributed by atoms with Gasteiger partial charge in [0.05, 0.1) is 0 Å². The van der Waals surface area contributed by atoms with Crippen LogP contribution in [0.2, 0.25) is 25.2 Å². The summed E-state index contributed by atoms with van der Waals surface area (Å²) in [5.41, 5.74) is 1.08. The van der Waals surface area contributed by atoms with Crippen molar-refractivity contribution in [2.24, 2.45) is 0 Å². The van der Waals surface area contributed by atoms with Gasteiger partial charge < -0.3 is 5.32 Å². The average molecular weight is 157 g/mol. The average Bonchev–Trinajstić information content (AvgIpc) is 1.88.